The van der Waals surface area contributed by atoms with Gasteiger partial charge in [0.15, 0.2) is 29.2 Å². The van der Waals surface area contributed by atoms with Crippen molar-refractivity contribution in [2.45, 2.75) is 90.9 Å². The molecule has 0 spiro atoms. The summed E-state index contributed by atoms with van der Waals surface area (Å²) in [5, 5.41) is 17.3. The number of nitrogens with two attached hydrogens (primary N) is 1. The van der Waals surface area contributed by atoms with Crippen molar-refractivity contribution in [1.29, 1.82) is 0 Å². The Hall–Kier alpha value is -7.44. The van der Waals surface area contributed by atoms with E-state index < -0.39 is 48.2 Å². The monoisotopic (exact) mass is 945 g/mol. The summed E-state index contributed by atoms with van der Waals surface area (Å²) >= 11 is 0. The molecule has 0 aliphatic carbocycles. The third-order valence-corrected chi connectivity index (χ3v) is 12.1. The molecule has 0 fully saturated rings. The first kappa shape index (κ1) is 49.5. The highest BCUT2D eigenvalue weighted by Crippen LogP contribution is 2.43. The van der Waals surface area contributed by atoms with E-state index in [0.717, 1.165) is 16.0 Å². The first-order chi connectivity index (χ1) is 33.1. The summed E-state index contributed by atoms with van der Waals surface area (Å²) in [7, 11) is 2.93. The second-order valence-corrected chi connectivity index (χ2v) is 17.3. The highest BCUT2D eigenvalue weighted by molar-refractivity contribution is 6.07. The van der Waals surface area contributed by atoms with Gasteiger partial charge >= 0.3 is 6.09 Å². The molecule has 0 aromatic heterocycles. The maximum absolute atomic E-state index is 14.3. The first-order valence-corrected chi connectivity index (χ1v) is 22.8. The number of fused-ring (bicyclic) bond motifs is 4. The van der Waals surface area contributed by atoms with E-state index in [4.69, 9.17) is 29.4 Å². The lowest BCUT2D eigenvalue weighted by atomic mass is 10.0. The molecular formula is C51H59N7O11. The van der Waals surface area contributed by atoms with Gasteiger partial charge in [0.25, 0.3) is 11.8 Å². The molecule has 364 valence electrons. The number of carbonyl (C=O) groups is 5. The van der Waals surface area contributed by atoms with Crippen molar-refractivity contribution in [2.75, 3.05) is 37.7 Å². The molecule has 4 aliphatic heterocycles. The number of carbonyl (C=O) groups excluding carboxylic acids is 5. The van der Waals surface area contributed by atoms with Crippen LogP contribution in [0, 0.1) is 5.92 Å². The van der Waals surface area contributed by atoms with Crippen molar-refractivity contribution in [1.82, 2.24) is 15.1 Å². The van der Waals surface area contributed by atoms with E-state index in [2.05, 4.69) is 15.6 Å². The zero-order valence-corrected chi connectivity index (χ0v) is 39.8. The first-order valence-electron chi connectivity index (χ1n) is 22.8. The molecule has 18 nitrogen and oxygen atoms in total. The minimum absolute atomic E-state index is 0.0485. The Kier molecular flexibility index (Phi) is 15.5. The van der Waals surface area contributed by atoms with Crippen LogP contribution in [0.15, 0.2) is 101 Å². The van der Waals surface area contributed by atoms with E-state index in [1.165, 1.54) is 31.3 Å². The zero-order valence-electron chi connectivity index (χ0n) is 39.8. The fraction of sp³-hybridized carbons (Fsp3) is 0.373. The molecule has 4 heterocycles. The third kappa shape index (κ3) is 10.8. The molecule has 3 aromatic rings. The highest BCUT2D eigenvalue weighted by Gasteiger charge is 2.45. The summed E-state index contributed by atoms with van der Waals surface area (Å²) in [6, 6.07) is 10.2. The third-order valence-electron chi connectivity index (χ3n) is 12.1. The van der Waals surface area contributed by atoms with E-state index in [1.807, 2.05) is 58.2 Å². The lowest BCUT2D eigenvalue weighted by molar-refractivity contribution is -0.127. The molecule has 5 N–H and O–H groups in total. The van der Waals surface area contributed by atoms with Gasteiger partial charge < -0.3 is 55.0 Å². The number of amides is 5. The fourth-order valence-corrected chi connectivity index (χ4v) is 8.28. The molecule has 69 heavy (non-hydrogen) atoms. The van der Waals surface area contributed by atoms with Crippen molar-refractivity contribution in [3.63, 3.8) is 0 Å². The second-order valence-electron chi connectivity index (χ2n) is 17.3. The molecule has 3 aromatic carbocycles. The van der Waals surface area contributed by atoms with Crippen LogP contribution < -0.4 is 40.2 Å². The molecule has 0 saturated heterocycles. The van der Waals surface area contributed by atoms with Crippen molar-refractivity contribution in [3.8, 4) is 23.0 Å². The molecule has 7 rings (SSSR count). The molecular weight excluding hydrogens is 887 g/mol. The van der Waals surface area contributed by atoms with Crippen LogP contribution in [0.4, 0.5) is 21.9 Å². The molecule has 0 saturated carbocycles. The summed E-state index contributed by atoms with van der Waals surface area (Å²) in [6.07, 6.45) is 11.7. The largest absolute Gasteiger partial charge is 0.493 e. The maximum Gasteiger partial charge on any atom is 0.416 e. The van der Waals surface area contributed by atoms with Crippen LogP contribution in [0.25, 0.3) is 0 Å². The topological polar surface area (TPSA) is 224 Å². The van der Waals surface area contributed by atoms with Crippen LogP contribution in [0.2, 0.25) is 0 Å². The smallest absolute Gasteiger partial charge is 0.416 e. The Morgan fingerprint density at radius 1 is 0.826 bits per heavy atom. The number of benzene rings is 3. The number of nitrogens with zero attached hydrogens (tertiary/aromatic N) is 4. The number of hydrogen-bond acceptors (Lipinski definition) is 13. The van der Waals surface area contributed by atoms with Gasteiger partial charge in [-0.3, -0.25) is 24.2 Å². The Morgan fingerprint density at radius 3 is 2.07 bits per heavy atom. The fourth-order valence-electron chi connectivity index (χ4n) is 8.28. The van der Waals surface area contributed by atoms with Crippen molar-refractivity contribution in [2.24, 2.45) is 16.6 Å². The molecule has 2 unspecified atom stereocenters. The summed E-state index contributed by atoms with van der Waals surface area (Å²) in [6.45, 7) is 9.02. The van der Waals surface area contributed by atoms with Crippen LogP contribution in [0.3, 0.4) is 0 Å². The number of rotatable bonds is 17. The van der Waals surface area contributed by atoms with Gasteiger partial charge in [0, 0.05) is 42.9 Å². The number of nitrogens with one attached hydrogen (secondary N) is 2. The van der Waals surface area contributed by atoms with Crippen molar-refractivity contribution < 1.29 is 52.8 Å². The SMILES string of the molecule is C/C=C/C1=CN2C(=O)c3cc(OC)c(OCCCOc4cc5c(cc4OC)C(=O)N4C=C(/C=C/C)C[C@H]4C=N5)cc3N(C(=O)OCc3ccc(NC(=O)[C@H](C)NC(=O)[C@@H](N)C(C)C)cc3)C(O)C2C1. The summed E-state index contributed by atoms with van der Waals surface area (Å²) < 4.78 is 29.4. The molecule has 4 aliphatic rings. The molecule has 0 bridgehead atoms. The minimum Gasteiger partial charge on any atom is -0.493 e. The normalized spacial score (nSPS) is 19.2. The Morgan fingerprint density at radius 2 is 1.43 bits per heavy atom. The number of aliphatic hydroxyl groups is 1. The van der Waals surface area contributed by atoms with Gasteiger partial charge in [-0.2, -0.15) is 0 Å². The van der Waals surface area contributed by atoms with Crippen LogP contribution >= 0.6 is 0 Å². The van der Waals surface area contributed by atoms with Crippen molar-refractivity contribution in [3.05, 3.63) is 113 Å². The van der Waals surface area contributed by atoms with Gasteiger partial charge in [0.2, 0.25) is 11.8 Å². The Balaban J connectivity index is 1.04. The van der Waals surface area contributed by atoms with E-state index in [-0.39, 0.29) is 66.9 Å². The summed E-state index contributed by atoms with van der Waals surface area (Å²) in [5.74, 6) is -0.460. The van der Waals surface area contributed by atoms with Crippen LogP contribution in [-0.4, -0.2) is 109 Å². The van der Waals surface area contributed by atoms with Gasteiger partial charge in [-0.1, -0.05) is 50.3 Å². The van der Waals surface area contributed by atoms with Gasteiger partial charge in [0.05, 0.1) is 68.1 Å². The number of anilines is 2. The molecule has 0 radical (unpaired) electrons. The summed E-state index contributed by atoms with van der Waals surface area (Å²) in [5.41, 5.74) is 9.72. The molecule has 18 heteroatoms. The number of aliphatic imine (C=N–C) groups is 1. The van der Waals surface area contributed by atoms with Gasteiger partial charge in [-0.05, 0) is 80.5 Å². The van der Waals surface area contributed by atoms with Gasteiger partial charge in [-0.15, -0.1) is 0 Å². The predicted molar refractivity (Wildman–Crippen MR) is 259 cm³/mol. The maximum atomic E-state index is 14.3. The zero-order chi connectivity index (χ0) is 49.5. The van der Waals surface area contributed by atoms with E-state index >= 15 is 0 Å². The minimum atomic E-state index is -1.54. The number of aliphatic hydroxyl groups excluding tert-OH is 1. The molecule has 5 amide bonds. The van der Waals surface area contributed by atoms with E-state index in [1.54, 1.807) is 60.6 Å². The Bertz CT molecular complexity index is 2620. The van der Waals surface area contributed by atoms with Gasteiger partial charge in [-0.25, -0.2) is 9.69 Å². The molecule has 5 atom stereocenters. The average molecular weight is 946 g/mol. The van der Waals surface area contributed by atoms with Gasteiger partial charge in [0.1, 0.15) is 12.6 Å². The van der Waals surface area contributed by atoms with Crippen molar-refractivity contribution >= 4 is 53.0 Å². The summed E-state index contributed by atoms with van der Waals surface area (Å²) in [4.78, 5) is 76.0. The number of allylic oxidation sites excluding steroid dienone is 4. The number of hydrogen-bond donors (Lipinski definition) is 4. The average Bonchev–Trinajstić information content (AvgIpc) is 3.91. The van der Waals surface area contributed by atoms with Crippen LogP contribution in [0.5, 0.6) is 23.0 Å². The number of methoxy groups -OCH3 is 2. The lowest BCUT2D eigenvalue weighted by Gasteiger charge is -2.31. The number of ether oxygens (including phenoxy) is 5. The Labute approximate surface area is 401 Å². The quantitative estimate of drug-likeness (QED) is 0.106. The predicted octanol–water partition coefficient (Wildman–Crippen LogP) is 6.52. The van der Waals surface area contributed by atoms with E-state index in [0.29, 0.717) is 46.8 Å². The highest BCUT2D eigenvalue weighted by atomic mass is 16.6. The van der Waals surface area contributed by atoms with Crippen LogP contribution in [0.1, 0.15) is 80.2 Å². The lowest BCUT2D eigenvalue weighted by Crippen LogP contribution is -2.50. The standard InChI is InChI=1S/C51H59N7O11/c1-8-11-32-19-35-25-53-38-23-43(41(65-6)21-36(38)48(61)56(35)26-32)67-17-10-18-68-44-24-39-37(22-42(44)66-7)49(62)57-27-33(12-9-2)20-40(57)50(63)58(39)51(64)69-28-31-13-15-34(16-14-31)55-46(59)30(5)54-47(60)45(52)29(3)4/h8-9,11-16,21-27,29-30,35,40,45,50,63H,10,17-20,28,52H2,1-7H3,(H,54,60)(H,55,59)/b11-8+,12-9+/t30-,35-,40?,45-,50?/m0/s1. The van der Waals surface area contributed by atoms with E-state index in [9.17, 15) is 29.1 Å². The van der Waals surface area contributed by atoms with Crippen LogP contribution in [-0.2, 0) is 20.9 Å². The second kappa shape index (κ2) is 21.7.